The molecule has 0 spiro atoms. The molecule has 3 fully saturated rings. The van der Waals surface area contributed by atoms with Gasteiger partial charge in [-0.05, 0) is 62.8 Å². The number of aryl methyl sites for hydroxylation is 1. The third-order valence-electron chi connectivity index (χ3n) is 8.07. The smallest absolute Gasteiger partial charge is 0.354 e. The van der Waals surface area contributed by atoms with Crippen molar-refractivity contribution in [1.82, 2.24) is 15.0 Å². The summed E-state index contributed by atoms with van der Waals surface area (Å²) in [6.07, 6.45) is 5.51. The normalized spacial score (nSPS) is 24.3. The van der Waals surface area contributed by atoms with Crippen molar-refractivity contribution in [3.8, 4) is 5.75 Å². The molecule has 2 saturated heterocycles. The SMILES string of the molecule is CN(c1ccc2c(n1)NC(=O)CO2)C12CCC(CCc3c(F)cnc4ccc(C(=O)O)nc34)(CC1)OC2. The predicted octanol–water partition coefficient (Wildman–Crippen LogP) is 3.34. The van der Waals surface area contributed by atoms with Crippen LogP contribution in [0, 0.1) is 5.82 Å². The van der Waals surface area contributed by atoms with Crippen LogP contribution in [0.3, 0.4) is 0 Å². The van der Waals surface area contributed by atoms with Gasteiger partial charge in [-0.3, -0.25) is 9.78 Å². The number of hydrogen-bond acceptors (Lipinski definition) is 8. The van der Waals surface area contributed by atoms with Gasteiger partial charge in [0.25, 0.3) is 5.91 Å². The van der Waals surface area contributed by atoms with Crippen molar-refractivity contribution >= 4 is 34.5 Å². The van der Waals surface area contributed by atoms with Crippen molar-refractivity contribution in [3.05, 3.63) is 47.5 Å². The zero-order chi connectivity index (χ0) is 25.8. The molecule has 37 heavy (non-hydrogen) atoms. The molecule has 1 saturated carbocycles. The van der Waals surface area contributed by atoms with E-state index in [1.807, 2.05) is 19.2 Å². The molecule has 192 valence electrons. The van der Waals surface area contributed by atoms with Crippen LogP contribution in [0.5, 0.6) is 5.75 Å². The maximum Gasteiger partial charge on any atom is 0.354 e. The van der Waals surface area contributed by atoms with Crippen LogP contribution in [0.15, 0.2) is 30.5 Å². The van der Waals surface area contributed by atoms with E-state index in [1.165, 1.54) is 12.3 Å². The van der Waals surface area contributed by atoms with E-state index in [0.29, 0.717) is 42.1 Å². The number of rotatable bonds is 6. The van der Waals surface area contributed by atoms with Crippen molar-refractivity contribution in [2.24, 2.45) is 0 Å². The number of carboxylic acids is 1. The van der Waals surface area contributed by atoms with E-state index >= 15 is 0 Å². The molecule has 1 aliphatic carbocycles. The molecule has 7 rings (SSSR count). The van der Waals surface area contributed by atoms with Gasteiger partial charge in [0.1, 0.15) is 17.3 Å². The van der Waals surface area contributed by atoms with Gasteiger partial charge in [-0.15, -0.1) is 0 Å². The Bertz CT molecular complexity index is 1410. The number of amides is 1. The van der Waals surface area contributed by atoms with Gasteiger partial charge in [0, 0.05) is 12.6 Å². The topological polar surface area (TPSA) is 127 Å². The summed E-state index contributed by atoms with van der Waals surface area (Å²) in [5.41, 5.74) is 0.377. The minimum Gasteiger partial charge on any atom is -0.480 e. The standard InChI is InChI=1S/C26H26FN5O5/c1-32(20-5-4-19-23(30-20)31-21(33)13-36-19)25-8-10-26(11-9-25,37-14-25)7-6-15-16(27)12-28-17-2-3-18(24(34)35)29-22(15)17/h2-5,12H,6-11,13-14H2,1H3,(H,34,35)(H,30,31,33). The molecule has 6 heterocycles. The minimum absolute atomic E-state index is 0.0142. The Kier molecular flexibility index (Phi) is 5.48. The summed E-state index contributed by atoms with van der Waals surface area (Å²) in [4.78, 5) is 38.1. The Morgan fingerprint density at radius 1 is 1.19 bits per heavy atom. The summed E-state index contributed by atoms with van der Waals surface area (Å²) in [5.74, 6) is -0.179. The first kappa shape index (κ1) is 23.5. The Morgan fingerprint density at radius 2 is 2.00 bits per heavy atom. The molecule has 11 heteroatoms. The lowest BCUT2D eigenvalue weighted by atomic mass is 9.68. The Labute approximate surface area is 211 Å². The van der Waals surface area contributed by atoms with Crippen LogP contribution < -0.4 is 15.0 Å². The summed E-state index contributed by atoms with van der Waals surface area (Å²) < 4.78 is 26.7. The van der Waals surface area contributed by atoms with E-state index in [2.05, 4.69) is 25.2 Å². The molecule has 3 aromatic rings. The second kappa shape index (κ2) is 8.62. The minimum atomic E-state index is -1.16. The van der Waals surface area contributed by atoms with Gasteiger partial charge in [-0.25, -0.2) is 19.2 Å². The van der Waals surface area contributed by atoms with E-state index < -0.39 is 11.8 Å². The third-order valence-corrected chi connectivity index (χ3v) is 8.07. The van der Waals surface area contributed by atoms with Gasteiger partial charge < -0.3 is 24.8 Å². The average molecular weight is 508 g/mol. The van der Waals surface area contributed by atoms with Crippen LogP contribution in [0.2, 0.25) is 0 Å². The number of carbonyl (C=O) groups is 2. The van der Waals surface area contributed by atoms with Crippen LogP contribution in [-0.4, -0.2) is 63.3 Å². The molecule has 0 radical (unpaired) electrons. The highest BCUT2D eigenvalue weighted by molar-refractivity contribution is 5.94. The number of fused-ring (bicyclic) bond motifs is 5. The highest BCUT2D eigenvalue weighted by Gasteiger charge is 2.52. The second-order valence-electron chi connectivity index (χ2n) is 10.1. The van der Waals surface area contributed by atoms with Crippen LogP contribution >= 0.6 is 0 Å². The van der Waals surface area contributed by atoms with E-state index in [9.17, 15) is 19.1 Å². The van der Waals surface area contributed by atoms with E-state index in [0.717, 1.165) is 31.5 Å². The fourth-order valence-corrected chi connectivity index (χ4v) is 5.69. The molecule has 1 amide bonds. The van der Waals surface area contributed by atoms with E-state index in [1.54, 1.807) is 6.07 Å². The molecular formula is C26H26FN5O5. The zero-order valence-electron chi connectivity index (χ0n) is 20.3. The fourth-order valence-electron chi connectivity index (χ4n) is 5.69. The summed E-state index contributed by atoms with van der Waals surface area (Å²) in [6, 6.07) is 6.63. The van der Waals surface area contributed by atoms with E-state index in [-0.39, 0.29) is 34.9 Å². The van der Waals surface area contributed by atoms with Crippen molar-refractivity contribution in [2.75, 3.05) is 30.5 Å². The van der Waals surface area contributed by atoms with Crippen LogP contribution in [0.25, 0.3) is 11.0 Å². The summed E-state index contributed by atoms with van der Waals surface area (Å²) in [7, 11) is 1.99. The van der Waals surface area contributed by atoms with Gasteiger partial charge >= 0.3 is 5.97 Å². The second-order valence-corrected chi connectivity index (χ2v) is 10.1. The molecule has 3 aromatic heterocycles. The summed E-state index contributed by atoms with van der Waals surface area (Å²) in [5, 5.41) is 12.1. The number of anilines is 2. The fraction of sp³-hybridized carbons (Fsp3) is 0.423. The van der Waals surface area contributed by atoms with Gasteiger partial charge in [-0.2, -0.15) is 0 Å². The molecule has 4 aliphatic rings. The molecule has 0 atom stereocenters. The quantitative estimate of drug-likeness (QED) is 0.516. The summed E-state index contributed by atoms with van der Waals surface area (Å²) in [6.45, 7) is 0.492. The van der Waals surface area contributed by atoms with Gasteiger partial charge in [0.15, 0.2) is 18.2 Å². The number of ether oxygens (including phenoxy) is 2. The molecular weight excluding hydrogens is 481 g/mol. The highest BCUT2D eigenvalue weighted by atomic mass is 19.1. The van der Waals surface area contributed by atoms with Crippen LogP contribution in [0.4, 0.5) is 16.0 Å². The first-order valence-electron chi connectivity index (χ1n) is 12.3. The van der Waals surface area contributed by atoms with Crippen molar-refractivity contribution in [3.63, 3.8) is 0 Å². The number of aromatic carboxylic acids is 1. The molecule has 0 aromatic carbocycles. The average Bonchev–Trinajstić information content (AvgIpc) is 2.92. The number of nitrogens with one attached hydrogen (secondary N) is 1. The lowest BCUT2D eigenvalue weighted by molar-refractivity contribution is -0.156. The number of halogens is 1. The molecule has 10 nitrogen and oxygen atoms in total. The highest BCUT2D eigenvalue weighted by Crippen LogP contribution is 2.49. The Morgan fingerprint density at radius 3 is 2.73 bits per heavy atom. The first-order valence-corrected chi connectivity index (χ1v) is 12.3. The van der Waals surface area contributed by atoms with Crippen molar-refractivity contribution in [1.29, 1.82) is 0 Å². The Hall–Kier alpha value is -3.86. The lowest BCUT2D eigenvalue weighted by Gasteiger charge is -2.56. The largest absolute Gasteiger partial charge is 0.480 e. The number of likely N-dealkylation sites (N-methyl/N-ethyl adjacent to an activating group) is 1. The van der Waals surface area contributed by atoms with Gasteiger partial charge in [-0.1, -0.05) is 0 Å². The third kappa shape index (κ3) is 4.03. The van der Waals surface area contributed by atoms with Crippen molar-refractivity contribution in [2.45, 2.75) is 49.7 Å². The maximum absolute atomic E-state index is 14.8. The number of carbonyl (C=O) groups excluding carboxylic acids is 1. The number of pyridine rings is 3. The van der Waals surface area contributed by atoms with Gasteiger partial charge in [0.2, 0.25) is 0 Å². The van der Waals surface area contributed by atoms with Crippen LogP contribution in [-0.2, 0) is 16.0 Å². The molecule has 3 aliphatic heterocycles. The molecule has 2 bridgehead atoms. The summed E-state index contributed by atoms with van der Waals surface area (Å²) >= 11 is 0. The predicted molar refractivity (Wildman–Crippen MR) is 131 cm³/mol. The first-order chi connectivity index (χ1) is 17.8. The molecule has 0 unspecified atom stereocenters. The van der Waals surface area contributed by atoms with Gasteiger partial charge in [0.05, 0.1) is 35.0 Å². The maximum atomic E-state index is 14.8. The van der Waals surface area contributed by atoms with E-state index in [4.69, 9.17) is 9.47 Å². The number of aromatic nitrogens is 3. The number of hydrogen-bond donors (Lipinski definition) is 2. The number of nitrogens with zero attached hydrogens (tertiary/aromatic N) is 4. The Balaban J connectivity index is 1.18. The van der Waals surface area contributed by atoms with Crippen molar-refractivity contribution < 1.29 is 28.6 Å². The van der Waals surface area contributed by atoms with Crippen LogP contribution in [0.1, 0.15) is 48.2 Å². The zero-order valence-corrected chi connectivity index (χ0v) is 20.3. The number of carboxylic acid groups (broad SMARTS) is 1. The molecule has 2 N–H and O–H groups in total. The monoisotopic (exact) mass is 507 g/mol. The lowest BCUT2D eigenvalue weighted by Crippen LogP contribution is -2.62.